The predicted molar refractivity (Wildman–Crippen MR) is 144 cm³/mol. The summed E-state index contributed by atoms with van der Waals surface area (Å²) in [4.78, 5) is 0. The summed E-state index contributed by atoms with van der Waals surface area (Å²) in [5, 5.41) is 7.88. The van der Waals surface area contributed by atoms with Crippen LogP contribution in [0.25, 0.3) is 0 Å². The van der Waals surface area contributed by atoms with E-state index in [9.17, 15) is 0 Å². The van der Waals surface area contributed by atoms with Crippen LogP contribution in [0.4, 0.5) is 0 Å². The van der Waals surface area contributed by atoms with Crippen LogP contribution in [0.2, 0.25) is 0 Å². The van der Waals surface area contributed by atoms with Crippen LogP contribution in [0.5, 0.6) is 0 Å². The molecular formula is C27H33OP3W. The molecule has 3 rings (SSSR count). The topological polar surface area (TPSA) is 19.9 Å². The molecule has 0 bridgehead atoms. The Balaban J connectivity index is 0.00000166. The molecule has 0 saturated heterocycles. The van der Waals surface area contributed by atoms with Crippen molar-refractivity contribution in [1.82, 2.24) is 0 Å². The Bertz CT molecular complexity index is 882. The zero-order valence-electron chi connectivity index (χ0n) is 19.5. The summed E-state index contributed by atoms with van der Waals surface area (Å²) in [5.41, 5.74) is 0. The molecule has 0 aliphatic rings. The van der Waals surface area contributed by atoms with Crippen molar-refractivity contribution in [2.24, 2.45) is 0 Å². The summed E-state index contributed by atoms with van der Waals surface area (Å²) < 4.78 is 7.50. The molecule has 0 unspecified atom stereocenters. The van der Waals surface area contributed by atoms with Gasteiger partial charge in [-0.1, -0.05) is 122 Å². The maximum atomic E-state index is 7.50. The Morgan fingerprint density at radius 3 is 1.19 bits per heavy atom. The molecule has 0 spiro atoms. The Labute approximate surface area is 213 Å². The van der Waals surface area contributed by atoms with Crippen molar-refractivity contribution in [3.8, 4) is 0 Å². The van der Waals surface area contributed by atoms with Gasteiger partial charge in [-0.2, -0.15) is 0 Å². The van der Waals surface area contributed by atoms with Crippen molar-refractivity contribution in [3.63, 3.8) is 0 Å². The van der Waals surface area contributed by atoms with E-state index >= 15 is 0 Å². The summed E-state index contributed by atoms with van der Waals surface area (Å²) in [7, 11) is -0.735. The minimum Gasteiger partial charge on any atom is 0 e. The Morgan fingerprint density at radius 1 is 0.531 bits per heavy atom. The smallest absolute Gasteiger partial charge is 0 e. The second kappa shape index (κ2) is 16.1. The third-order valence-electron chi connectivity index (χ3n) is 5.47. The molecule has 168 valence electrons. The molecule has 0 heterocycles. The van der Waals surface area contributed by atoms with Crippen LogP contribution in [-0.2, 0) is 25.7 Å². The molecule has 0 aliphatic heterocycles. The minimum atomic E-state index is -0.543. The summed E-state index contributed by atoms with van der Waals surface area (Å²) in [6.07, 6.45) is 5.05. The zero-order valence-corrected chi connectivity index (χ0v) is 25.1. The molecule has 0 atom stereocenters. The first-order valence-electron chi connectivity index (χ1n) is 11.0. The summed E-state index contributed by atoms with van der Waals surface area (Å²) >= 11 is 0. The van der Waals surface area contributed by atoms with E-state index in [1.165, 1.54) is 30.0 Å². The maximum absolute atomic E-state index is 7.50. The number of rotatable bonds is 9. The van der Waals surface area contributed by atoms with Gasteiger partial charge >= 0.3 is 11.3 Å². The summed E-state index contributed by atoms with van der Waals surface area (Å²) in [6.45, 7) is 13.9. The van der Waals surface area contributed by atoms with E-state index in [2.05, 4.69) is 113 Å². The molecule has 0 saturated carbocycles. The molecule has 0 radical (unpaired) electrons. The van der Waals surface area contributed by atoms with Crippen molar-refractivity contribution in [1.29, 1.82) is 0 Å². The molecule has 0 amide bonds. The first kappa shape index (κ1) is 29.4. The average Bonchev–Trinajstić information content (AvgIpc) is 2.85. The van der Waals surface area contributed by atoms with E-state index in [0.717, 1.165) is 0 Å². The second-order valence-electron chi connectivity index (χ2n) is 6.99. The monoisotopic (exact) mass is 650 g/mol. The molecule has 0 aromatic heterocycles. The summed E-state index contributed by atoms with van der Waals surface area (Å²) in [5.74, 6) is 0. The van der Waals surface area contributed by atoms with Gasteiger partial charge in [-0.25, -0.2) is 0 Å². The van der Waals surface area contributed by atoms with Crippen LogP contribution in [0.15, 0.2) is 78.9 Å². The molecule has 3 aromatic rings. The molecule has 1 nitrogen and oxygen atoms in total. The molecule has 0 fully saturated rings. The fraction of sp³-hybridized carbons (Fsp3) is 0.296. The molecule has 3 aromatic carbocycles. The van der Waals surface area contributed by atoms with Crippen LogP contribution in [0.1, 0.15) is 27.7 Å². The van der Waals surface area contributed by atoms with Gasteiger partial charge in [0.05, 0.1) is 0 Å². The first-order valence-corrected chi connectivity index (χ1v) is 15.7. The van der Waals surface area contributed by atoms with E-state index in [0.29, 0.717) is 0 Å². The van der Waals surface area contributed by atoms with Crippen LogP contribution in [0, 0.1) is 6.65 Å². The van der Waals surface area contributed by atoms with Gasteiger partial charge in [0, 0.05) is 21.1 Å². The SMILES string of the molecule is CCP(CC)c1ccccc1P(c1ccccc1)c1ccccc1P(CC)CC.[C-]#[O+].[W]. The Hall–Kier alpha value is -0.622. The van der Waals surface area contributed by atoms with Crippen LogP contribution >= 0.6 is 23.8 Å². The van der Waals surface area contributed by atoms with Gasteiger partial charge in [0.1, 0.15) is 0 Å². The Morgan fingerprint density at radius 2 is 0.844 bits per heavy atom. The van der Waals surface area contributed by atoms with Crippen molar-refractivity contribution >= 4 is 50.3 Å². The molecule has 32 heavy (non-hydrogen) atoms. The van der Waals surface area contributed by atoms with E-state index in [-0.39, 0.29) is 36.9 Å². The minimum absolute atomic E-state index is 0. The third kappa shape index (κ3) is 7.19. The van der Waals surface area contributed by atoms with E-state index in [4.69, 9.17) is 4.65 Å². The van der Waals surface area contributed by atoms with Crippen LogP contribution in [-0.4, -0.2) is 24.6 Å². The Kier molecular flexibility index (Phi) is 14.8. The number of hydrogen-bond donors (Lipinski definition) is 0. The quantitative estimate of drug-likeness (QED) is 0.161. The van der Waals surface area contributed by atoms with Gasteiger partial charge in [0.25, 0.3) is 0 Å². The first-order chi connectivity index (χ1) is 15.2. The maximum Gasteiger partial charge on any atom is 0 e. The van der Waals surface area contributed by atoms with E-state index in [1.54, 1.807) is 21.2 Å². The van der Waals surface area contributed by atoms with Gasteiger partial charge in [-0.15, -0.1) is 0 Å². The standard InChI is InChI=1S/C26H33P3.CO.W/c1-5-27(6-2)23-18-12-14-20-25(23)29(22-16-10-9-11-17-22)26-21-15-13-19-24(26)28(7-3)8-4;1-2;/h9-21H,5-8H2,1-4H3;;. The van der Waals surface area contributed by atoms with Crippen molar-refractivity contribution in [2.75, 3.05) is 24.6 Å². The van der Waals surface area contributed by atoms with E-state index in [1.807, 2.05) is 0 Å². The van der Waals surface area contributed by atoms with Gasteiger partial charge < -0.3 is 0 Å². The van der Waals surface area contributed by atoms with Gasteiger partial charge in [-0.05, 0) is 59.1 Å². The molecule has 0 aliphatic carbocycles. The fourth-order valence-electron chi connectivity index (χ4n) is 3.95. The molecular weight excluding hydrogens is 617 g/mol. The van der Waals surface area contributed by atoms with E-state index < -0.39 is 7.92 Å². The average molecular weight is 650 g/mol. The van der Waals surface area contributed by atoms with Crippen molar-refractivity contribution in [3.05, 3.63) is 85.5 Å². The number of benzene rings is 3. The normalized spacial score (nSPS) is 10.5. The molecule has 5 heteroatoms. The molecule has 0 N–H and O–H groups in total. The predicted octanol–water partition coefficient (Wildman–Crippen LogP) is 5.70. The van der Waals surface area contributed by atoms with Gasteiger partial charge in [0.2, 0.25) is 0 Å². The van der Waals surface area contributed by atoms with Crippen molar-refractivity contribution < 1.29 is 25.7 Å². The van der Waals surface area contributed by atoms with Gasteiger partial charge in [0.15, 0.2) is 0 Å². The third-order valence-corrected chi connectivity index (χ3v) is 13.6. The number of hydrogen-bond acceptors (Lipinski definition) is 0. The van der Waals surface area contributed by atoms with Crippen LogP contribution < -0.4 is 26.5 Å². The van der Waals surface area contributed by atoms with Crippen LogP contribution in [0.3, 0.4) is 0 Å². The second-order valence-corrected chi connectivity index (χ2v) is 14.8. The largest absolute Gasteiger partial charge is 0 e. The zero-order chi connectivity index (χ0) is 22.6. The van der Waals surface area contributed by atoms with Gasteiger partial charge in [-0.3, -0.25) is 0 Å². The van der Waals surface area contributed by atoms with Crippen molar-refractivity contribution in [2.45, 2.75) is 27.7 Å². The fourth-order valence-corrected chi connectivity index (χ4v) is 11.4. The summed E-state index contributed by atoms with van der Waals surface area (Å²) in [6, 6.07) is 29.9.